The van der Waals surface area contributed by atoms with Gasteiger partial charge >= 0.3 is 0 Å². The minimum absolute atomic E-state index is 0.998. The summed E-state index contributed by atoms with van der Waals surface area (Å²) < 4.78 is 0. The van der Waals surface area contributed by atoms with E-state index < -0.39 is 0 Å². The third-order valence-corrected chi connectivity index (χ3v) is 1.44. The Morgan fingerprint density at radius 2 is 2.18 bits per heavy atom. The van der Waals surface area contributed by atoms with Crippen molar-refractivity contribution >= 4 is 11.9 Å². The molecule has 1 rings (SSSR count). The normalized spacial score (nSPS) is 10.3. The molecule has 0 bridgehead atoms. The van der Waals surface area contributed by atoms with Crippen molar-refractivity contribution in [1.82, 2.24) is 0 Å². The zero-order valence-corrected chi connectivity index (χ0v) is 6.41. The molecule has 11 heavy (non-hydrogen) atoms. The number of nitrogens with two attached hydrogens (primary N) is 1. The summed E-state index contributed by atoms with van der Waals surface area (Å²) in [6, 6.07) is 7.82. The molecular formula is C8H11N3. The van der Waals surface area contributed by atoms with Gasteiger partial charge in [0, 0.05) is 18.3 Å². The molecule has 3 nitrogen and oxygen atoms in total. The lowest BCUT2D eigenvalue weighted by Crippen LogP contribution is -1.94. The number of hydrogen-bond donors (Lipinski definition) is 2. The lowest BCUT2D eigenvalue weighted by atomic mass is 10.2. The SMILES string of the molecule is CNc1ccccc1/C=N/N. The van der Waals surface area contributed by atoms with Gasteiger partial charge in [-0.3, -0.25) is 0 Å². The van der Waals surface area contributed by atoms with Crippen molar-refractivity contribution in [2.24, 2.45) is 10.9 Å². The van der Waals surface area contributed by atoms with E-state index in [1.165, 1.54) is 0 Å². The van der Waals surface area contributed by atoms with Crippen molar-refractivity contribution < 1.29 is 0 Å². The van der Waals surface area contributed by atoms with Crippen LogP contribution in [0, 0.1) is 0 Å². The number of nitrogens with one attached hydrogen (secondary N) is 1. The van der Waals surface area contributed by atoms with Crippen LogP contribution in [-0.4, -0.2) is 13.3 Å². The molecule has 0 aliphatic heterocycles. The van der Waals surface area contributed by atoms with Crippen LogP contribution in [0.4, 0.5) is 5.69 Å². The molecule has 1 aromatic rings. The van der Waals surface area contributed by atoms with Gasteiger partial charge in [0.1, 0.15) is 0 Å². The molecule has 3 heteroatoms. The van der Waals surface area contributed by atoms with E-state index in [4.69, 9.17) is 5.84 Å². The number of anilines is 1. The molecule has 58 valence electrons. The lowest BCUT2D eigenvalue weighted by Gasteiger charge is -2.02. The Labute approximate surface area is 65.9 Å². The first-order chi connectivity index (χ1) is 5.38. The number of hydrogen-bond acceptors (Lipinski definition) is 3. The quantitative estimate of drug-likeness (QED) is 0.374. The van der Waals surface area contributed by atoms with E-state index in [9.17, 15) is 0 Å². The van der Waals surface area contributed by atoms with Crippen molar-refractivity contribution in [3.63, 3.8) is 0 Å². The molecule has 1 aromatic carbocycles. The summed E-state index contributed by atoms with van der Waals surface area (Å²) >= 11 is 0. The van der Waals surface area contributed by atoms with Crippen LogP contribution >= 0.6 is 0 Å². The van der Waals surface area contributed by atoms with Crippen LogP contribution in [-0.2, 0) is 0 Å². The van der Waals surface area contributed by atoms with E-state index in [-0.39, 0.29) is 0 Å². The highest BCUT2D eigenvalue weighted by atomic mass is 15.1. The van der Waals surface area contributed by atoms with E-state index in [1.54, 1.807) is 6.21 Å². The molecule has 0 amide bonds. The van der Waals surface area contributed by atoms with Gasteiger partial charge in [-0.05, 0) is 6.07 Å². The topological polar surface area (TPSA) is 50.4 Å². The summed E-state index contributed by atoms with van der Waals surface area (Å²) in [5.41, 5.74) is 2.03. The van der Waals surface area contributed by atoms with Gasteiger partial charge in [-0.2, -0.15) is 5.10 Å². The molecule has 0 saturated heterocycles. The van der Waals surface area contributed by atoms with E-state index >= 15 is 0 Å². The Kier molecular flexibility index (Phi) is 2.49. The molecule has 0 radical (unpaired) electrons. The van der Waals surface area contributed by atoms with E-state index in [0.29, 0.717) is 0 Å². The van der Waals surface area contributed by atoms with E-state index in [0.717, 1.165) is 11.3 Å². The van der Waals surface area contributed by atoms with Gasteiger partial charge in [0.05, 0.1) is 6.21 Å². The highest BCUT2D eigenvalue weighted by Gasteiger charge is 1.93. The number of para-hydroxylation sites is 1. The summed E-state index contributed by atoms with van der Waals surface area (Å²) in [7, 11) is 1.86. The summed E-state index contributed by atoms with van der Waals surface area (Å²) in [6.07, 6.45) is 1.62. The van der Waals surface area contributed by atoms with Gasteiger partial charge in [0.15, 0.2) is 0 Å². The van der Waals surface area contributed by atoms with Crippen LogP contribution in [0.3, 0.4) is 0 Å². The zero-order chi connectivity index (χ0) is 8.10. The number of nitrogens with zero attached hydrogens (tertiary/aromatic N) is 1. The molecule has 0 aromatic heterocycles. The Morgan fingerprint density at radius 3 is 2.82 bits per heavy atom. The van der Waals surface area contributed by atoms with Crippen LogP contribution in [0.5, 0.6) is 0 Å². The van der Waals surface area contributed by atoms with Crippen LogP contribution < -0.4 is 11.2 Å². The van der Waals surface area contributed by atoms with E-state index in [1.807, 2.05) is 31.3 Å². The summed E-state index contributed by atoms with van der Waals surface area (Å²) in [5.74, 6) is 5.03. The number of hydrazone groups is 1. The maximum absolute atomic E-state index is 5.03. The molecule has 0 aliphatic carbocycles. The maximum atomic E-state index is 5.03. The molecule has 0 heterocycles. The van der Waals surface area contributed by atoms with Gasteiger partial charge in [-0.1, -0.05) is 18.2 Å². The molecule has 0 spiro atoms. The van der Waals surface area contributed by atoms with Crippen molar-refractivity contribution in [1.29, 1.82) is 0 Å². The lowest BCUT2D eigenvalue weighted by molar-refractivity contribution is 1.26. The second-order valence-corrected chi connectivity index (χ2v) is 2.12. The molecule has 0 atom stereocenters. The van der Waals surface area contributed by atoms with E-state index in [2.05, 4.69) is 10.4 Å². The second-order valence-electron chi connectivity index (χ2n) is 2.12. The first-order valence-electron chi connectivity index (χ1n) is 3.38. The number of rotatable bonds is 2. The highest BCUT2D eigenvalue weighted by Crippen LogP contribution is 2.10. The monoisotopic (exact) mass is 149 g/mol. The smallest absolute Gasteiger partial charge is 0.0558 e. The molecular weight excluding hydrogens is 138 g/mol. The Balaban J connectivity index is 3.02. The Hall–Kier alpha value is -1.51. The van der Waals surface area contributed by atoms with Gasteiger partial charge < -0.3 is 11.2 Å². The fourth-order valence-electron chi connectivity index (χ4n) is 0.918. The minimum atomic E-state index is 0.998. The first kappa shape index (κ1) is 7.60. The first-order valence-corrected chi connectivity index (χ1v) is 3.38. The molecule has 3 N–H and O–H groups in total. The van der Waals surface area contributed by atoms with Gasteiger partial charge in [0.25, 0.3) is 0 Å². The second kappa shape index (κ2) is 3.61. The van der Waals surface area contributed by atoms with Gasteiger partial charge in [0.2, 0.25) is 0 Å². The molecule has 0 saturated carbocycles. The third kappa shape index (κ3) is 1.70. The van der Waals surface area contributed by atoms with Crippen molar-refractivity contribution in [2.45, 2.75) is 0 Å². The van der Waals surface area contributed by atoms with Crippen LogP contribution in [0.15, 0.2) is 29.4 Å². The van der Waals surface area contributed by atoms with Crippen LogP contribution in [0.1, 0.15) is 5.56 Å². The number of benzene rings is 1. The molecule has 0 aliphatic rings. The largest absolute Gasteiger partial charge is 0.388 e. The fourth-order valence-corrected chi connectivity index (χ4v) is 0.918. The van der Waals surface area contributed by atoms with Crippen LogP contribution in [0.2, 0.25) is 0 Å². The summed E-state index contributed by atoms with van der Waals surface area (Å²) in [6.45, 7) is 0. The summed E-state index contributed by atoms with van der Waals surface area (Å²) in [4.78, 5) is 0. The third-order valence-electron chi connectivity index (χ3n) is 1.44. The van der Waals surface area contributed by atoms with Crippen molar-refractivity contribution in [3.8, 4) is 0 Å². The van der Waals surface area contributed by atoms with Crippen LogP contribution in [0.25, 0.3) is 0 Å². The average molecular weight is 149 g/mol. The fraction of sp³-hybridized carbons (Fsp3) is 0.125. The Morgan fingerprint density at radius 1 is 1.45 bits per heavy atom. The standard InChI is InChI=1S/C8H11N3/c1-10-8-5-3-2-4-7(8)6-11-9/h2-6,10H,9H2,1H3/b11-6+. The predicted octanol–water partition coefficient (Wildman–Crippen LogP) is 1.02. The predicted molar refractivity (Wildman–Crippen MR) is 47.8 cm³/mol. The van der Waals surface area contributed by atoms with Gasteiger partial charge in [-0.25, -0.2) is 0 Å². The molecule has 0 fully saturated rings. The zero-order valence-electron chi connectivity index (χ0n) is 6.41. The summed E-state index contributed by atoms with van der Waals surface area (Å²) in [5, 5.41) is 6.48. The average Bonchev–Trinajstić information content (AvgIpc) is 2.06. The minimum Gasteiger partial charge on any atom is -0.388 e. The van der Waals surface area contributed by atoms with Crippen molar-refractivity contribution in [3.05, 3.63) is 29.8 Å². The van der Waals surface area contributed by atoms with Crippen molar-refractivity contribution in [2.75, 3.05) is 12.4 Å². The Bertz CT molecular complexity index is 255. The van der Waals surface area contributed by atoms with Gasteiger partial charge in [-0.15, -0.1) is 0 Å². The highest BCUT2D eigenvalue weighted by molar-refractivity contribution is 5.87. The molecule has 0 unspecified atom stereocenters. The maximum Gasteiger partial charge on any atom is 0.0558 e.